The van der Waals surface area contributed by atoms with Gasteiger partial charge in [-0.2, -0.15) is 0 Å². The molecule has 0 heterocycles. The molecule has 1 aromatic rings. The summed E-state index contributed by atoms with van der Waals surface area (Å²) in [4.78, 5) is 0. The summed E-state index contributed by atoms with van der Waals surface area (Å²) in [5.74, 6) is 1.43. The van der Waals surface area contributed by atoms with Gasteiger partial charge in [-0.25, -0.2) is 0 Å². The minimum absolute atomic E-state index is 0.0131. The van der Waals surface area contributed by atoms with E-state index in [1.54, 1.807) is 14.2 Å². The van der Waals surface area contributed by atoms with Gasteiger partial charge in [0, 0.05) is 12.1 Å². The Kier molecular flexibility index (Phi) is 5.25. The molecule has 0 bridgehead atoms. The van der Waals surface area contributed by atoms with Gasteiger partial charge >= 0.3 is 0 Å². The summed E-state index contributed by atoms with van der Waals surface area (Å²) in [5.41, 5.74) is 12.9. The average molecular weight is 238 g/mol. The zero-order valence-corrected chi connectivity index (χ0v) is 10.8. The molecule has 0 aromatic heterocycles. The summed E-state index contributed by atoms with van der Waals surface area (Å²) in [6, 6.07) is 5.93. The van der Waals surface area contributed by atoms with E-state index in [9.17, 15) is 0 Å². The Bertz CT molecular complexity index is 353. The first-order valence-electron chi connectivity index (χ1n) is 5.81. The minimum atomic E-state index is -0.0131. The monoisotopic (exact) mass is 238 g/mol. The fourth-order valence-electron chi connectivity index (χ4n) is 1.69. The highest BCUT2D eigenvalue weighted by atomic mass is 16.5. The molecule has 4 nitrogen and oxygen atoms in total. The van der Waals surface area contributed by atoms with Gasteiger partial charge in [0.2, 0.25) is 0 Å². The lowest BCUT2D eigenvalue weighted by Crippen LogP contribution is -2.19. The minimum Gasteiger partial charge on any atom is -0.493 e. The van der Waals surface area contributed by atoms with Crippen LogP contribution in [0.15, 0.2) is 18.2 Å². The molecular formula is C13H22N2O2. The van der Waals surface area contributed by atoms with Gasteiger partial charge in [0.15, 0.2) is 11.5 Å². The lowest BCUT2D eigenvalue weighted by atomic mass is 10.0. The Morgan fingerprint density at radius 2 is 1.71 bits per heavy atom. The van der Waals surface area contributed by atoms with Crippen molar-refractivity contribution in [2.24, 2.45) is 11.5 Å². The maximum Gasteiger partial charge on any atom is 0.161 e. The van der Waals surface area contributed by atoms with E-state index < -0.39 is 0 Å². The van der Waals surface area contributed by atoms with Crippen molar-refractivity contribution in [3.63, 3.8) is 0 Å². The second-order valence-corrected chi connectivity index (χ2v) is 4.28. The number of hydrogen-bond donors (Lipinski definition) is 2. The van der Waals surface area contributed by atoms with Crippen LogP contribution in [0.5, 0.6) is 11.5 Å². The highest BCUT2D eigenvalue weighted by Gasteiger charge is 2.11. The fourth-order valence-corrected chi connectivity index (χ4v) is 1.69. The summed E-state index contributed by atoms with van der Waals surface area (Å²) in [7, 11) is 3.24. The molecule has 0 saturated heterocycles. The van der Waals surface area contributed by atoms with E-state index in [0.717, 1.165) is 24.2 Å². The predicted octanol–water partition coefficient (Wildman–Crippen LogP) is 1.83. The van der Waals surface area contributed by atoms with Crippen LogP contribution in [-0.2, 0) is 0 Å². The van der Waals surface area contributed by atoms with Gasteiger partial charge in [0.25, 0.3) is 0 Å². The lowest BCUT2D eigenvalue weighted by molar-refractivity contribution is 0.354. The SMILES string of the molecule is COc1ccc(C(N)CCC(C)N)cc1OC. The van der Waals surface area contributed by atoms with E-state index in [1.165, 1.54) is 0 Å². The third-order valence-corrected chi connectivity index (χ3v) is 2.77. The van der Waals surface area contributed by atoms with Crippen LogP contribution in [0.1, 0.15) is 31.4 Å². The second-order valence-electron chi connectivity index (χ2n) is 4.28. The summed E-state index contributed by atoms with van der Waals surface area (Å²) < 4.78 is 10.4. The van der Waals surface area contributed by atoms with Gasteiger partial charge in [0.1, 0.15) is 0 Å². The van der Waals surface area contributed by atoms with E-state index in [2.05, 4.69) is 0 Å². The van der Waals surface area contributed by atoms with Crippen LogP contribution < -0.4 is 20.9 Å². The summed E-state index contributed by atoms with van der Waals surface area (Å²) in [5, 5.41) is 0. The maximum absolute atomic E-state index is 6.11. The highest BCUT2D eigenvalue weighted by Crippen LogP contribution is 2.30. The van der Waals surface area contributed by atoms with Gasteiger partial charge in [-0.3, -0.25) is 0 Å². The molecule has 2 unspecified atom stereocenters. The number of rotatable bonds is 6. The molecule has 0 aliphatic heterocycles. The number of nitrogens with two attached hydrogens (primary N) is 2. The molecule has 0 aliphatic rings. The molecule has 1 aromatic carbocycles. The fraction of sp³-hybridized carbons (Fsp3) is 0.538. The first kappa shape index (κ1) is 13.8. The molecular weight excluding hydrogens is 216 g/mol. The van der Waals surface area contributed by atoms with Crippen molar-refractivity contribution in [1.82, 2.24) is 0 Å². The van der Waals surface area contributed by atoms with Crippen LogP contribution >= 0.6 is 0 Å². The molecule has 0 saturated carbocycles. The van der Waals surface area contributed by atoms with Crippen molar-refractivity contribution in [3.05, 3.63) is 23.8 Å². The second kappa shape index (κ2) is 6.47. The van der Waals surface area contributed by atoms with Crippen LogP contribution in [0, 0.1) is 0 Å². The molecule has 0 amide bonds. The largest absolute Gasteiger partial charge is 0.493 e. The molecule has 0 radical (unpaired) electrons. The Balaban J connectivity index is 2.77. The smallest absolute Gasteiger partial charge is 0.161 e. The van der Waals surface area contributed by atoms with E-state index >= 15 is 0 Å². The van der Waals surface area contributed by atoms with E-state index in [-0.39, 0.29) is 12.1 Å². The van der Waals surface area contributed by atoms with E-state index in [4.69, 9.17) is 20.9 Å². The molecule has 0 fully saturated rings. The Morgan fingerprint density at radius 3 is 2.24 bits per heavy atom. The Labute approximate surface area is 103 Å². The molecule has 1 rings (SSSR count). The Morgan fingerprint density at radius 1 is 1.06 bits per heavy atom. The molecule has 2 atom stereocenters. The first-order valence-corrected chi connectivity index (χ1v) is 5.81. The van der Waals surface area contributed by atoms with Crippen molar-refractivity contribution < 1.29 is 9.47 Å². The normalized spacial score (nSPS) is 14.2. The van der Waals surface area contributed by atoms with Crippen molar-refractivity contribution >= 4 is 0 Å². The van der Waals surface area contributed by atoms with Gasteiger partial charge in [0.05, 0.1) is 14.2 Å². The van der Waals surface area contributed by atoms with Crippen molar-refractivity contribution in [1.29, 1.82) is 0 Å². The van der Waals surface area contributed by atoms with Crippen molar-refractivity contribution in [3.8, 4) is 11.5 Å². The molecule has 0 spiro atoms. The van der Waals surface area contributed by atoms with Crippen LogP contribution in [-0.4, -0.2) is 20.3 Å². The lowest BCUT2D eigenvalue weighted by Gasteiger charge is -2.15. The van der Waals surface area contributed by atoms with Crippen molar-refractivity contribution in [2.75, 3.05) is 14.2 Å². The molecule has 4 N–H and O–H groups in total. The molecule has 96 valence electrons. The zero-order chi connectivity index (χ0) is 12.8. The number of methoxy groups -OCH3 is 2. The van der Waals surface area contributed by atoms with Crippen LogP contribution in [0.3, 0.4) is 0 Å². The number of hydrogen-bond acceptors (Lipinski definition) is 4. The molecule has 0 aliphatic carbocycles. The third-order valence-electron chi connectivity index (χ3n) is 2.77. The van der Waals surface area contributed by atoms with Crippen LogP contribution in [0.25, 0.3) is 0 Å². The van der Waals surface area contributed by atoms with Gasteiger partial charge < -0.3 is 20.9 Å². The first-order chi connectivity index (χ1) is 8.08. The van der Waals surface area contributed by atoms with E-state index in [0.29, 0.717) is 5.75 Å². The van der Waals surface area contributed by atoms with Gasteiger partial charge in [-0.05, 0) is 37.5 Å². The number of benzene rings is 1. The number of ether oxygens (including phenoxy) is 2. The predicted molar refractivity (Wildman–Crippen MR) is 69.4 cm³/mol. The topological polar surface area (TPSA) is 70.5 Å². The quantitative estimate of drug-likeness (QED) is 0.793. The molecule has 4 heteroatoms. The van der Waals surface area contributed by atoms with Crippen LogP contribution in [0.2, 0.25) is 0 Å². The molecule has 17 heavy (non-hydrogen) atoms. The third kappa shape index (κ3) is 3.91. The zero-order valence-electron chi connectivity index (χ0n) is 10.8. The summed E-state index contributed by atoms with van der Waals surface area (Å²) >= 11 is 0. The van der Waals surface area contributed by atoms with Gasteiger partial charge in [-0.15, -0.1) is 0 Å². The van der Waals surface area contributed by atoms with Crippen LogP contribution in [0.4, 0.5) is 0 Å². The van der Waals surface area contributed by atoms with Crippen molar-refractivity contribution in [2.45, 2.75) is 31.8 Å². The van der Waals surface area contributed by atoms with E-state index in [1.807, 2.05) is 25.1 Å². The van der Waals surface area contributed by atoms with Gasteiger partial charge in [-0.1, -0.05) is 6.07 Å². The summed E-state index contributed by atoms with van der Waals surface area (Å²) in [6.45, 7) is 1.99. The average Bonchev–Trinajstić information content (AvgIpc) is 2.34. The Hall–Kier alpha value is -1.26. The standard InChI is InChI=1S/C13H22N2O2/c1-9(14)4-6-11(15)10-5-7-12(16-2)13(8-10)17-3/h5,7-9,11H,4,6,14-15H2,1-3H3. The maximum atomic E-state index is 6.11. The highest BCUT2D eigenvalue weighted by molar-refractivity contribution is 5.43. The summed E-state index contributed by atoms with van der Waals surface area (Å²) in [6.07, 6.45) is 1.78.